The minimum Gasteiger partial charge on any atom is -0.316 e. The molecule has 0 radical (unpaired) electrons. The van der Waals surface area contributed by atoms with Crippen LogP contribution < -0.4 is 5.32 Å². The van der Waals surface area contributed by atoms with Gasteiger partial charge < -0.3 is 5.32 Å². The Kier molecular flexibility index (Phi) is 5.25. The van der Waals surface area contributed by atoms with Crippen LogP contribution in [-0.4, -0.2) is 33.4 Å². The summed E-state index contributed by atoms with van der Waals surface area (Å²) in [7, 11) is -0.399. The van der Waals surface area contributed by atoms with E-state index in [0.717, 1.165) is 6.07 Å². The zero-order chi connectivity index (χ0) is 13.8. The number of sulfonamides is 1. The van der Waals surface area contributed by atoms with E-state index in [2.05, 4.69) is 5.32 Å². The Morgan fingerprint density at radius 1 is 1.39 bits per heavy atom. The summed E-state index contributed by atoms with van der Waals surface area (Å²) in [6, 6.07) is 3.85. The molecule has 0 aliphatic carbocycles. The fourth-order valence-corrected chi connectivity index (χ4v) is 3.20. The molecule has 0 bridgehead atoms. The van der Waals surface area contributed by atoms with Crippen molar-refractivity contribution >= 4 is 10.0 Å². The molecular formula is C12H19FN2O2S. The summed E-state index contributed by atoms with van der Waals surface area (Å²) in [5.41, 5.74) is 0.571. The molecule has 1 aromatic rings. The minimum absolute atomic E-state index is 0.0350. The molecule has 1 N–H and O–H groups in total. The fraction of sp³-hybridized carbons (Fsp3) is 0.500. The van der Waals surface area contributed by atoms with Crippen LogP contribution in [0.15, 0.2) is 23.1 Å². The quantitative estimate of drug-likeness (QED) is 0.856. The maximum Gasteiger partial charge on any atom is 0.243 e. The lowest BCUT2D eigenvalue weighted by Crippen LogP contribution is -2.29. The van der Waals surface area contributed by atoms with Gasteiger partial charge in [-0.15, -0.1) is 0 Å². The Bertz CT molecular complexity index is 503. The van der Waals surface area contributed by atoms with E-state index in [1.807, 2.05) is 6.92 Å². The molecule has 4 nitrogen and oxygen atoms in total. The summed E-state index contributed by atoms with van der Waals surface area (Å²) in [6.07, 6.45) is 0.715. The van der Waals surface area contributed by atoms with E-state index in [1.54, 1.807) is 7.05 Å². The van der Waals surface area contributed by atoms with Crippen molar-refractivity contribution in [3.63, 3.8) is 0 Å². The van der Waals surface area contributed by atoms with Gasteiger partial charge in [0.25, 0.3) is 0 Å². The van der Waals surface area contributed by atoms with Gasteiger partial charge in [0.15, 0.2) is 0 Å². The van der Waals surface area contributed by atoms with E-state index < -0.39 is 15.8 Å². The van der Waals surface area contributed by atoms with Gasteiger partial charge in [-0.05, 0) is 31.2 Å². The summed E-state index contributed by atoms with van der Waals surface area (Å²) in [5, 5.41) is 2.88. The average Bonchev–Trinajstić information content (AvgIpc) is 2.32. The third-order valence-corrected chi connectivity index (χ3v) is 4.56. The van der Waals surface area contributed by atoms with Crippen molar-refractivity contribution in [1.82, 2.24) is 9.62 Å². The van der Waals surface area contributed by atoms with Gasteiger partial charge in [0.05, 0.1) is 4.90 Å². The lowest BCUT2D eigenvalue weighted by atomic mass is 10.2. The first-order valence-corrected chi connectivity index (χ1v) is 7.26. The van der Waals surface area contributed by atoms with Gasteiger partial charge in [-0.2, -0.15) is 0 Å². The normalized spacial score (nSPS) is 12.1. The van der Waals surface area contributed by atoms with Crippen LogP contribution in [0.25, 0.3) is 0 Å². The van der Waals surface area contributed by atoms with Crippen LogP contribution in [0.5, 0.6) is 0 Å². The van der Waals surface area contributed by atoms with Gasteiger partial charge in [0.1, 0.15) is 5.82 Å². The Balaban J connectivity index is 3.25. The molecule has 1 rings (SSSR count). The predicted octanol–water partition coefficient (Wildman–Crippen LogP) is 1.58. The first kappa shape index (κ1) is 15.1. The molecule has 0 saturated carbocycles. The second-order valence-corrected chi connectivity index (χ2v) is 6.12. The number of hydrogen-bond donors (Lipinski definition) is 1. The highest BCUT2D eigenvalue weighted by molar-refractivity contribution is 7.89. The molecule has 0 heterocycles. The number of rotatable bonds is 6. The van der Waals surface area contributed by atoms with Gasteiger partial charge in [0, 0.05) is 20.1 Å². The van der Waals surface area contributed by atoms with Crippen molar-refractivity contribution in [3.05, 3.63) is 29.6 Å². The van der Waals surface area contributed by atoms with Crippen molar-refractivity contribution in [3.8, 4) is 0 Å². The molecule has 0 aliphatic rings. The summed E-state index contributed by atoms with van der Waals surface area (Å²) in [4.78, 5) is 0.0350. The maximum absolute atomic E-state index is 13.3. The smallest absolute Gasteiger partial charge is 0.243 e. The van der Waals surface area contributed by atoms with Gasteiger partial charge >= 0.3 is 0 Å². The zero-order valence-electron chi connectivity index (χ0n) is 10.9. The molecule has 0 aliphatic heterocycles. The Hall–Kier alpha value is -0.980. The van der Waals surface area contributed by atoms with Crippen LogP contribution in [0.4, 0.5) is 4.39 Å². The molecule has 1 aromatic carbocycles. The Labute approximate surface area is 108 Å². The molecule has 0 spiro atoms. The van der Waals surface area contributed by atoms with Crippen LogP contribution in [0.3, 0.4) is 0 Å². The molecule has 0 fully saturated rings. The van der Waals surface area contributed by atoms with Crippen LogP contribution in [-0.2, 0) is 16.6 Å². The molecule has 6 heteroatoms. The van der Waals surface area contributed by atoms with Crippen LogP contribution in [0.2, 0.25) is 0 Å². The standard InChI is InChI=1S/C12H19FN2O2S/c1-4-7-15(3)18(16,17)12-8-11(13)6-5-10(12)9-14-2/h5-6,8,14H,4,7,9H2,1-3H3. The number of halogens is 1. The monoisotopic (exact) mass is 274 g/mol. The number of benzene rings is 1. The highest BCUT2D eigenvalue weighted by Crippen LogP contribution is 2.21. The third kappa shape index (κ3) is 3.28. The van der Waals surface area contributed by atoms with Crippen molar-refractivity contribution in [2.24, 2.45) is 0 Å². The number of nitrogens with zero attached hydrogens (tertiary/aromatic N) is 1. The summed E-state index contributed by atoms with van der Waals surface area (Å²) < 4.78 is 39.1. The largest absolute Gasteiger partial charge is 0.316 e. The van der Waals surface area contributed by atoms with Crippen LogP contribution in [0, 0.1) is 5.82 Å². The van der Waals surface area contributed by atoms with E-state index in [0.29, 0.717) is 25.1 Å². The molecule has 0 aromatic heterocycles. The van der Waals surface area contributed by atoms with Crippen LogP contribution >= 0.6 is 0 Å². The molecule has 0 amide bonds. The first-order chi connectivity index (χ1) is 8.43. The molecule has 18 heavy (non-hydrogen) atoms. The summed E-state index contributed by atoms with van der Waals surface area (Å²) in [5.74, 6) is -0.543. The van der Waals surface area contributed by atoms with Crippen molar-refractivity contribution in [2.75, 3.05) is 20.6 Å². The molecular weight excluding hydrogens is 255 g/mol. The highest BCUT2D eigenvalue weighted by atomic mass is 32.2. The fourth-order valence-electron chi connectivity index (χ4n) is 1.71. The zero-order valence-corrected chi connectivity index (χ0v) is 11.7. The lowest BCUT2D eigenvalue weighted by molar-refractivity contribution is 0.466. The second-order valence-electron chi connectivity index (χ2n) is 4.11. The SMILES string of the molecule is CCCN(C)S(=O)(=O)c1cc(F)ccc1CNC. The molecule has 0 saturated heterocycles. The van der Waals surface area contributed by atoms with Gasteiger partial charge in [0.2, 0.25) is 10.0 Å². The van der Waals surface area contributed by atoms with Gasteiger partial charge in [-0.25, -0.2) is 17.1 Å². The Morgan fingerprint density at radius 2 is 2.06 bits per heavy atom. The van der Waals surface area contributed by atoms with Gasteiger partial charge in [-0.3, -0.25) is 0 Å². The Morgan fingerprint density at radius 3 is 2.61 bits per heavy atom. The first-order valence-electron chi connectivity index (χ1n) is 5.82. The topological polar surface area (TPSA) is 49.4 Å². The van der Waals surface area contributed by atoms with E-state index in [-0.39, 0.29) is 4.90 Å². The maximum atomic E-state index is 13.3. The van der Waals surface area contributed by atoms with E-state index >= 15 is 0 Å². The summed E-state index contributed by atoms with van der Waals surface area (Å²) >= 11 is 0. The predicted molar refractivity (Wildman–Crippen MR) is 69.3 cm³/mol. The van der Waals surface area contributed by atoms with E-state index in [4.69, 9.17) is 0 Å². The average molecular weight is 274 g/mol. The molecule has 102 valence electrons. The minimum atomic E-state index is -3.62. The third-order valence-electron chi connectivity index (χ3n) is 2.62. The van der Waals surface area contributed by atoms with Crippen molar-refractivity contribution in [2.45, 2.75) is 24.8 Å². The van der Waals surface area contributed by atoms with E-state index in [1.165, 1.54) is 23.5 Å². The molecule has 0 atom stereocenters. The number of hydrogen-bond acceptors (Lipinski definition) is 3. The van der Waals surface area contributed by atoms with E-state index in [9.17, 15) is 12.8 Å². The van der Waals surface area contributed by atoms with Gasteiger partial charge in [-0.1, -0.05) is 13.0 Å². The second kappa shape index (κ2) is 6.26. The number of nitrogens with one attached hydrogen (secondary N) is 1. The van der Waals surface area contributed by atoms with Crippen molar-refractivity contribution < 1.29 is 12.8 Å². The van der Waals surface area contributed by atoms with Crippen LogP contribution in [0.1, 0.15) is 18.9 Å². The van der Waals surface area contributed by atoms with Crippen molar-refractivity contribution in [1.29, 1.82) is 0 Å². The molecule has 0 unspecified atom stereocenters. The summed E-state index contributed by atoms with van der Waals surface area (Å²) in [6.45, 7) is 2.69. The highest BCUT2D eigenvalue weighted by Gasteiger charge is 2.23. The lowest BCUT2D eigenvalue weighted by Gasteiger charge is -2.18.